The zero-order valence-electron chi connectivity index (χ0n) is 20.5. The van der Waals surface area contributed by atoms with Crippen molar-refractivity contribution in [2.45, 2.75) is 29.1 Å². The van der Waals surface area contributed by atoms with Gasteiger partial charge in [-0.1, -0.05) is 5.16 Å². The third-order valence-electron chi connectivity index (χ3n) is 5.67. The third kappa shape index (κ3) is 5.46. The van der Waals surface area contributed by atoms with E-state index in [1.54, 1.807) is 0 Å². The van der Waals surface area contributed by atoms with E-state index in [2.05, 4.69) is 25.3 Å². The van der Waals surface area contributed by atoms with Crippen LogP contribution in [0.2, 0.25) is 0 Å². The number of aliphatic carboxylic acids is 2. The SMILES string of the molecule is CO/N=C(\C(=O)N[C@@H]1C(=O)N2C(C(=O)O)=C(CS(=O)(=O)c3nc(C)c(CC(=O)O)s3)CS(=O)[C@H]12)c1csc(N)n1. The second-order valence-corrected chi connectivity index (χ2v) is 14.0. The van der Waals surface area contributed by atoms with Gasteiger partial charge in [-0.05, 0) is 12.5 Å². The number of nitrogens with zero attached hydrogens (tertiary/aromatic N) is 4. The van der Waals surface area contributed by atoms with Gasteiger partial charge in [-0.2, -0.15) is 0 Å². The Morgan fingerprint density at radius 3 is 2.60 bits per heavy atom. The van der Waals surface area contributed by atoms with Crippen LogP contribution in [0.25, 0.3) is 0 Å². The first-order valence-corrected chi connectivity index (χ1v) is 15.7. The molecular weight excluding hydrogens is 613 g/mol. The molecule has 1 saturated heterocycles. The van der Waals surface area contributed by atoms with Gasteiger partial charge in [0.2, 0.25) is 14.2 Å². The van der Waals surface area contributed by atoms with E-state index in [-0.39, 0.29) is 32.7 Å². The Hall–Kier alpha value is -3.75. The first-order valence-electron chi connectivity index (χ1n) is 10.9. The zero-order chi connectivity index (χ0) is 29.5. The molecule has 2 aromatic rings. The van der Waals surface area contributed by atoms with Crippen LogP contribution in [0.1, 0.15) is 16.3 Å². The predicted molar refractivity (Wildman–Crippen MR) is 141 cm³/mol. The molecule has 4 rings (SSSR count). The van der Waals surface area contributed by atoms with Crippen LogP contribution in [0, 0.1) is 6.92 Å². The highest BCUT2D eigenvalue weighted by Gasteiger charge is 2.57. The minimum Gasteiger partial charge on any atom is -0.481 e. The summed E-state index contributed by atoms with van der Waals surface area (Å²) in [5, 5.41) is 25.1. The largest absolute Gasteiger partial charge is 0.481 e. The zero-order valence-corrected chi connectivity index (χ0v) is 23.8. The van der Waals surface area contributed by atoms with Crippen molar-refractivity contribution in [3.63, 3.8) is 0 Å². The Kier molecular flexibility index (Phi) is 8.06. The van der Waals surface area contributed by atoms with Crippen LogP contribution in [-0.2, 0) is 51.1 Å². The van der Waals surface area contributed by atoms with E-state index < -0.39 is 83.8 Å². The minimum absolute atomic E-state index is 0.0535. The summed E-state index contributed by atoms with van der Waals surface area (Å²) >= 11 is 1.66. The number of carbonyl (C=O) groups is 4. The van der Waals surface area contributed by atoms with Crippen molar-refractivity contribution >= 4 is 77.9 Å². The molecule has 20 heteroatoms. The van der Waals surface area contributed by atoms with Gasteiger partial charge in [-0.25, -0.2) is 23.2 Å². The number of rotatable bonds is 10. The number of fused-ring (bicyclic) bond motifs is 1. The summed E-state index contributed by atoms with van der Waals surface area (Å²) in [6.45, 7) is 1.44. The van der Waals surface area contributed by atoms with Crippen molar-refractivity contribution in [1.29, 1.82) is 0 Å². The lowest BCUT2D eigenvalue weighted by Crippen LogP contribution is -2.74. The summed E-state index contributed by atoms with van der Waals surface area (Å²) in [4.78, 5) is 62.5. The fourth-order valence-electron chi connectivity index (χ4n) is 3.99. The molecule has 0 bridgehead atoms. The quantitative estimate of drug-likeness (QED) is 0.135. The topological polar surface area (TPSA) is 249 Å². The number of nitrogen functional groups attached to an aromatic ring is 1. The molecule has 0 aliphatic carbocycles. The highest BCUT2D eigenvalue weighted by Crippen LogP contribution is 2.36. The fraction of sp³-hybridized carbons (Fsp3) is 0.350. The molecule has 5 N–H and O–H groups in total. The summed E-state index contributed by atoms with van der Waals surface area (Å²) in [6.07, 6.45) is -0.449. The summed E-state index contributed by atoms with van der Waals surface area (Å²) < 4.78 is 38.8. The number of nitrogens with two attached hydrogens (primary N) is 1. The third-order valence-corrected chi connectivity index (χ3v) is 11.3. The highest BCUT2D eigenvalue weighted by atomic mass is 32.2. The van der Waals surface area contributed by atoms with Crippen molar-refractivity contribution in [3.05, 3.63) is 32.9 Å². The lowest BCUT2D eigenvalue weighted by atomic mass is 10.0. The molecule has 0 aromatic carbocycles. The van der Waals surface area contributed by atoms with Crippen molar-refractivity contribution in [2.75, 3.05) is 24.3 Å². The number of amides is 2. The maximum absolute atomic E-state index is 13.1. The lowest BCUT2D eigenvalue weighted by molar-refractivity contribution is -0.150. The molecule has 2 aliphatic heterocycles. The van der Waals surface area contributed by atoms with E-state index in [4.69, 9.17) is 10.8 Å². The van der Waals surface area contributed by atoms with E-state index in [1.807, 2.05) is 0 Å². The molecule has 1 unspecified atom stereocenters. The fourth-order valence-corrected chi connectivity index (χ4v) is 9.22. The standard InChI is InChI=1S/C20H20N6O10S4/c1-7-10(3-11(27)28)38-20(22-7)40(34,35)6-8-5-39(33)17-13(16(30)26(17)14(8)18(31)32)24-15(29)12(25-36-2)9-4-37-19(21)23-9/h4,13,17H,3,5-6H2,1-2H3,(H2,21,23)(H,24,29)(H,27,28)(H,31,32)/b25-12-/t13-,17-,39?/m1/s1. The first-order chi connectivity index (χ1) is 18.7. The van der Waals surface area contributed by atoms with Crippen LogP contribution in [0.5, 0.6) is 0 Å². The number of nitrogens with one attached hydrogen (secondary N) is 1. The number of thiazole rings is 2. The van der Waals surface area contributed by atoms with Gasteiger partial charge >= 0.3 is 11.9 Å². The van der Waals surface area contributed by atoms with E-state index in [9.17, 15) is 36.9 Å². The maximum Gasteiger partial charge on any atom is 0.352 e. The lowest BCUT2D eigenvalue weighted by Gasteiger charge is -2.49. The van der Waals surface area contributed by atoms with Gasteiger partial charge in [0.05, 0.1) is 34.4 Å². The Bertz CT molecular complexity index is 1630. The smallest absolute Gasteiger partial charge is 0.352 e. The highest BCUT2D eigenvalue weighted by molar-refractivity contribution is 7.93. The first kappa shape index (κ1) is 29.2. The van der Waals surface area contributed by atoms with Gasteiger partial charge in [0.15, 0.2) is 10.8 Å². The van der Waals surface area contributed by atoms with Crippen LogP contribution in [-0.4, -0.2) is 97.2 Å². The van der Waals surface area contributed by atoms with Crippen LogP contribution in [0.3, 0.4) is 0 Å². The summed E-state index contributed by atoms with van der Waals surface area (Å²) in [6, 6.07) is -1.40. The number of aryl methyl sites for hydroxylation is 1. The summed E-state index contributed by atoms with van der Waals surface area (Å²) in [5.74, 6) is -6.10. The average Bonchev–Trinajstić information content (AvgIpc) is 3.45. The number of hydrogen-bond donors (Lipinski definition) is 4. The van der Waals surface area contributed by atoms with Crippen LogP contribution >= 0.6 is 22.7 Å². The van der Waals surface area contributed by atoms with Crippen molar-refractivity contribution in [3.8, 4) is 0 Å². The maximum atomic E-state index is 13.1. The monoisotopic (exact) mass is 632 g/mol. The Balaban J connectivity index is 1.60. The van der Waals surface area contributed by atoms with Gasteiger partial charge in [-0.3, -0.25) is 23.5 Å². The van der Waals surface area contributed by atoms with Gasteiger partial charge < -0.3 is 26.1 Å². The molecule has 0 spiro atoms. The molecule has 4 heterocycles. The molecule has 214 valence electrons. The number of carboxylic acids is 2. The average molecular weight is 633 g/mol. The molecule has 3 atom stereocenters. The second kappa shape index (κ2) is 11.0. The number of oxime groups is 1. The molecule has 0 radical (unpaired) electrons. The van der Waals surface area contributed by atoms with Gasteiger partial charge in [-0.15, -0.1) is 22.7 Å². The molecule has 2 amide bonds. The van der Waals surface area contributed by atoms with E-state index in [0.717, 1.165) is 11.3 Å². The van der Waals surface area contributed by atoms with E-state index in [1.165, 1.54) is 19.4 Å². The molecule has 1 fully saturated rings. The van der Waals surface area contributed by atoms with Crippen LogP contribution in [0.15, 0.2) is 26.1 Å². The van der Waals surface area contributed by atoms with Gasteiger partial charge in [0.1, 0.15) is 29.9 Å². The minimum atomic E-state index is -4.29. The number of hydrogen-bond acceptors (Lipinski definition) is 14. The van der Waals surface area contributed by atoms with Crippen molar-refractivity contribution < 1.29 is 46.9 Å². The summed E-state index contributed by atoms with van der Waals surface area (Å²) in [5.41, 5.74) is 4.55. The van der Waals surface area contributed by atoms with E-state index in [0.29, 0.717) is 16.2 Å². The van der Waals surface area contributed by atoms with Crippen LogP contribution in [0.4, 0.5) is 5.13 Å². The second-order valence-electron chi connectivity index (χ2n) is 8.34. The summed E-state index contributed by atoms with van der Waals surface area (Å²) in [7, 11) is -5.13. The van der Waals surface area contributed by atoms with E-state index >= 15 is 0 Å². The number of anilines is 1. The molecular formula is C20H20N6O10S4. The number of aromatic nitrogens is 2. The predicted octanol–water partition coefficient (Wildman–Crippen LogP) is -1.30. The number of β-lactam (4-membered cyclic amide) rings is 1. The van der Waals surface area contributed by atoms with Crippen LogP contribution < -0.4 is 11.1 Å². The molecule has 16 nitrogen and oxygen atoms in total. The van der Waals surface area contributed by atoms with Crippen molar-refractivity contribution in [1.82, 2.24) is 20.2 Å². The normalized spacial score (nSPS) is 21.1. The molecule has 2 aliphatic rings. The van der Waals surface area contributed by atoms with Crippen molar-refractivity contribution in [2.24, 2.45) is 5.16 Å². The van der Waals surface area contributed by atoms with Gasteiger partial charge in [0.25, 0.3) is 11.8 Å². The number of sulfone groups is 1. The number of carbonyl (C=O) groups excluding carboxylic acids is 2. The Labute approximate surface area is 235 Å². The Morgan fingerprint density at radius 2 is 2.02 bits per heavy atom. The molecule has 40 heavy (non-hydrogen) atoms. The Morgan fingerprint density at radius 1 is 1.32 bits per heavy atom. The molecule has 0 saturated carbocycles. The van der Waals surface area contributed by atoms with Gasteiger partial charge in [0, 0.05) is 10.3 Å². The molecule has 2 aromatic heterocycles. The number of carboxylic acid groups (broad SMARTS) is 2.